The summed E-state index contributed by atoms with van der Waals surface area (Å²) in [5, 5.41) is 77.6. The van der Waals surface area contributed by atoms with Gasteiger partial charge in [-0.15, -0.1) is 0 Å². The van der Waals surface area contributed by atoms with Crippen molar-refractivity contribution in [3.63, 3.8) is 0 Å². The minimum Gasteiger partial charge on any atom is -0.414 e. The summed E-state index contributed by atoms with van der Waals surface area (Å²) in [6.45, 7) is 20.5. The number of carbonyl (C=O) groups excluding carboxylic acids is 2. The summed E-state index contributed by atoms with van der Waals surface area (Å²) < 4.78 is 156. The molecule has 55 heteroatoms. The van der Waals surface area contributed by atoms with Gasteiger partial charge in [0.15, 0.2) is 33.6 Å². The summed E-state index contributed by atoms with van der Waals surface area (Å²) in [5.74, 6) is 10.9. The summed E-state index contributed by atoms with van der Waals surface area (Å²) >= 11 is 0. The maximum absolute atomic E-state index is 12.4. The van der Waals surface area contributed by atoms with Crippen molar-refractivity contribution in [2.45, 2.75) is 184 Å². The van der Waals surface area contributed by atoms with Crippen LogP contribution in [-0.2, 0) is 79.1 Å². The predicted octanol–water partition coefficient (Wildman–Crippen LogP) is 10.6. The maximum atomic E-state index is 12.4. The lowest BCUT2D eigenvalue weighted by molar-refractivity contribution is -0.385. The van der Waals surface area contributed by atoms with Gasteiger partial charge >= 0.3 is 47.6 Å². The van der Waals surface area contributed by atoms with E-state index in [1.165, 1.54) is 72.1 Å². The van der Waals surface area contributed by atoms with Gasteiger partial charge in [0.05, 0.1) is 109 Å². The van der Waals surface area contributed by atoms with Crippen molar-refractivity contribution in [1.82, 2.24) is 54.2 Å². The van der Waals surface area contributed by atoms with Gasteiger partial charge < -0.3 is 90.3 Å². The molecule has 3 saturated heterocycles. The number of phosphoric acid groups is 3. The molecule has 0 saturated carbocycles. The second kappa shape index (κ2) is 43.2. The number of rotatable bonds is 30. The molecule has 11 atom stereocenters. The Labute approximate surface area is 761 Å². The lowest BCUT2D eigenvalue weighted by atomic mass is 10.1. The molecule has 3 aromatic carbocycles. The lowest BCUT2D eigenvalue weighted by Crippen LogP contribution is -2.48. The summed E-state index contributed by atoms with van der Waals surface area (Å²) in [7, 11) is -20.9. The summed E-state index contributed by atoms with van der Waals surface area (Å²) in [5.41, 5.74) is 10.9. The van der Waals surface area contributed by atoms with Gasteiger partial charge in [-0.1, -0.05) is 77.1 Å². The summed E-state index contributed by atoms with van der Waals surface area (Å²) in [6, 6.07) is 17.9. The number of nitrogens with one attached hydrogen (secondary N) is 5. The van der Waals surface area contributed by atoms with Crippen molar-refractivity contribution in [3.05, 3.63) is 174 Å². The lowest BCUT2D eigenvalue weighted by Gasteiger charge is -2.40. The van der Waals surface area contributed by atoms with Crippen molar-refractivity contribution in [2.24, 2.45) is 5.73 Å². The summed E-state index contributed by atoms with van der Waals surface area (Å²) in [6.07, 6.45) is -6.64. The minimum absolute atomic E-state index is 0.00127. The minimum atomic E-state index is -5.71. The van der Waals surface area contributed by atoms with Crippen molar-refractivity contribution in [1.29, 1.82) is 0 Å². The van der Waals surface area contributed by atoms with Crippen LogP contribution in [0.2, 0.25) is 36.3 Å². The third kappa shape index (κ3) is 27.6. The molecule has 3 aliphatic heterocycles. The van der Waals surface area contributed by atoms with Crippen LogP contribution in [0.25, 0.3) is 33.5 Å². The first-order valence-corrected chi connectivity index (χ1v) is 50.8. The smallest absolute Gasteiger partial charge is 0.414 e. The van der Waals surface area contributed by atoms with Gasteiger partial charge in [0.1, 0.15) is 53.5 Å². The van der Waals surface area contributed by atoms with Crippen LogP contribution in [-0.4, -0.2) is 210 Å². The Morgan fingerprint density at radius 3 is 1.25 bits per heavy atom. The van der Waals surface area contributed by atoms with Crippen molar-refractivity contribution < 1.29 is 135 Å². The van der Waals surface area contributed by atoms with E-state index in [0.29, 0.717) is 85.8 Å². The fourth-order valence-corrected chi connectivity index (χ4v) is 18.4. The van der Waals surface area contributed by atoms with E-state index in [2.05, 4.69) is 162 Å². The largest absolute Gasteiger partial charge is 0.490 e. The number of amides is 2. The highest BCUT2D eigenvalue weighted by molar-refractivity contribution is 7.66. The number of aliphatic hydroxyl groups excluding tert-OH is 3. The van der Waals surface area contributed by atoms with Gasteiger partial charge in [0, 0.05) is 109 Å². The first kappa shape index (κ1) is 105. The van der Waals surface area contributed by atoms with Crippen LogP contribution in [0.15, 0.2) is 110 Å². The van der Waals surface area contributed by atoms with Gasteiger partial charge in [0.2, 0.25) is 0 Å². The molecule has 44 nitrogen and oxygen atoms in total. The molecular formula is C79H95F6N18O26P3Si2. The van der Waals surface area contributed by atoms with Crippen molar-refractivity contribution in [3.8, 4) is 35.5 Å². The number of phosphoric ester groups is 1. The number of alkyl halides is 6. The van der Waals surface area contributed by atoms with Crippen LogP contribution in [0.4, 0.5) is 60.5 Å². The second-order valence-electron chi connectivity index (χ2n) is 33.2. The van der Waals surface area contributed by atoms with Crippen LogP contribution < -0.4 is 32.3 Å². The van der Waals surface area contributed by atoms with E-state index in [9.17, 15) is 105 Å². The number of ether oxygens (including phenoxy) is 3. The van der Waals surface area contributed by atoms with E-state index in [0.717, 1.165) is 0 Å². The molecule has 722 valence electrons. The Morgan fingerprint density at radius 2 is 0.896 bits per heavy atom. The maximum Gasteiger partial charge on any atom is 0.490 e. The highest BCUT2D eigenvalue weighted by Crippen LogP contribution is 2.66. The molecule has 9 heterocycles. The third-order valence-corrected chi connectivity index (χ3v) is 34.6. The van der Waals surface area contributed by atoms with Crippen molar-refractivity contribution in [2.75, 3.05) is 55.4 Å². The number of nitrogens with zero attached hydrogens (tertiary/aromatic N) is 12. The zero-order chi connectivity index (χ0) is 98.6. The molecule has 0 radical (unpaired) electrons. The van der Waals surface area contributed by atoms with E-state index >= 15 is 0 Å². The highest BCUT2D eigenvalue weighted by atomic mass is 31.3. The van der Waals surface area contributed by atoms with Gasteiger partial charge in [-0.3, -0.25) is 58.2 Å². The predicted molar refractivity (Wildman–Crippen MR) is 471 cm³/mol. The van der Waals surface area contributed by atoms with Crippen LogP contribution in [0.5, 0.6) is 0 Å². The monoisotopic (exact) mass is 1970 g/mol. The number of hydrogen-bond acceptors (Lipinski definition) is 32. The number of benzene rings is 3. The molecule has 2 unspecified atom stereocenters. The van der Waals surface area contributed by atoms with Crippen LogP contribution in [0.3, 0.4) is 0 Å². The fourth-order valence-electron chi connectivity index (χ4n) is 13.0. The average molecular weight is 1980 g/mol. The summed E-state index contributed by atoms with van der Waals surface area (Å²) in [4.78, 5) is 118. The number of anilines is 3. The number of hydrogen-bond donors (Lipinski definition) is 13. The van der Waals surface area contributed by atoms with Gasteiger partial charge in [0.25, 0.3) is 17.1 Å². The van der Waals surface area contributed by atoms with Crippen LogP contribution in [0.1, 0.15) is 113 Å². The first-order chi connectivity index (χ1) is 62.6. The van der Waals surface area contributed by atoms with Crippen LogP contribution >= 0.6 is 23.5 Å². The standard InChI is InChI=1S/C35H49F3N6O6Si2.C23H21F3N6O6.C21H25N6O14P3/c1-33(2,3)51(7,8)48-21-28-27(50-52(9,10)34(4,5)6)19-29(49-28)43-22-42-30-25(15-17-39-31(30)43)41-20-24-14-13-23(18-26(24)44(46)47)12-11-16-40-32(45)35(36,37)38;24-23(25,26)22(35)28-6-1-2-13-3-4-14(16(8-13)32(36)37)10-29-15-5-7-27-21-20(15)30-12-31(21)19-9-17(34)18(11-33)38-19;22-6-1-2-13-3-4-14(16(8-13)27(29)30)10-24-15-5-7-23-21-20(15)25-12-26(21)19-9-17(28)18(39-19)11-38-43(34,35)41-44(36,37)40-42(31,32)33/h13-15,17-18,22,27-29H,16,19-21H2,1-10H3,(H,39,41)(H,40,45);3-5,7-8,12,17-19,33-34H,6,9-11H2,(H,27,29)(H,28,35);3-5,7-8,12,17-19,28H,6,9-11,22H2,(H,23,24)(H,34,35)(H,36,37)(H2,31,32,33)/t27-,28-,29-;2*17-,18-,19-/m111/s1. The number of nitro benzene ring substituents is 3. The Bertz CT molecular complexity index is 6180. The molecule has 9 aromatic rings. The third-order valence-electron chi connectivity index (χ3n) is 21.8. The molecule has 3 fully saturated rings. The number of pyridine rings is 3. The number of nitro groups is 3. The zero-order valence-electron chi connectivity index (χ0n) is 73.0. The highest BCUT2D eigenvalue weighted by Gasteiger charge is 2.49. The Kier molecular flexibility index (Phi) is 33.8. The number of halogens is 6. The van der Waals surface area contributed by atoms with E-state index in [-0.39, 0.29) is 96.1 Å². The first-order valence-electron chi connectivity index (χ1n) is 40.4. The quantitative estimate of drug-likeness (QED) is 0.00497. The van der Waals surface area contributed by atoms with E-state index in [1.807, 2.05) is 4.57 Å². The number of fused-ring (bicyclic) bond motifs is 3. The van der Waals surface area contributed by atoms with E-state index < -0.39 is 142 Å². The normalized spacial score (nSPS) is 19.6. The molecule has 0 aliphatic carbocycles. The molecule has 2 amide bonds. The number of carbonyl (C=O) groups is 2. The van der Waals surface area contributed by atoms with Gasteiger partial charge in [-0.25, -0.2) is 43.6 Å². The number of aromatic nitrogens is 9. The molecule has 3 aliphatic rings. The van der Waals surface area contributed by atoms with Crippen LogP contribution in [0, 0.1) is 65.9 Å². The van der Waals surface area contributed by atoms with Gasteiger partial charge in [-0.2, -0.15) is 35.0 Å². The molecule has 6 aromatic heterocycles. The Morgan fingerprint density at radius 1 is 0.530 bits per heavy atom. The zero-order valence-corrected chi connectivity index (χ0v) is 77.7. The number of nitrogens with two attached hydrogens (primary N) is 1. The second-order valence-corrected chi connectivity index (χ2v) is 47.2. The topological polar surface area (TPSA) is 609 Å². The number of aliphatic hydroxyl groups is 3. The molecule has 0 bridgehead atoms. The Balaban J connectivity index is 0.000000211. The van der Waals surface area contributed by atoms with E-state index in [4.69, 9.17) is 38.6 Å². The number of imidazole rings is 3. The van der Waals surface area contributed by atoms with Crippen molar-refractivity contribution >= 4 is 120 Å². The Hall–Kier alpha value is -11.2. The molecule has 134 heavy (non-hydrogen) atoms. The molecular weight excluding hydrogens is 1880 g/mol. The molecule has 0 spiro atoms. The van der Waals surface area contributed by atoms with E-state index in [1.54, 1.807) is 58.1 Å². The fraction of sp³-hybridized carbons (Fsp3) is 0.443. The average Bonchev–Trinajstić information content (AvgIpc) is 1.60. The SMILES string of the molecule is CC(C)(C)[Si](C)(C)OC[C@H]1O[C@@H](n2cnc3c(NCc4ccc(C#CCNC(=O)C(F)(F)F)cc4[N+](=O)[O-])ccnc32)C[C@H]1O[Si](C)(C)C(C)(C)C.NCC#Cc1ccc(CNc2ccnc3c2ncn3[C@H]2C[C@@H](O)[C@@H](COP(=O)(O)OP(=O)(O)OP(=O)(O)O)O2)c([N+](=O)[O-])c1.O=C(NCC#Cc1ccc(CNc2ccnc3c2ncn3[C@H]2C[C@@H](O)[C@@H](CO)O2)c([N+](=O)[O-])c1)C(F)(F)F. The molecule has 12 rings (SSSR count). The molecule has 14 N–H and O–H groups in total. The van der Waals surface area contributed by atoms with Gasteiger partial charge in [-0.05, 0) is 90.9 Å².